The van der Waals surface area contributed by atoms with E-state index in [1.807, 2.05) is 0 Å². The molecular weight excluding hydrogens is 498 g/mol. The minimum atomic E-state index is -2.91. The minimum Gasteiger partial charge on any atom is -0.493 e. The average Bonchev–Trinajstić information content (AvgIpc) is 2.68. The molecule has 5 nitrogen and oxygen atoms in total. The van der Waals surface area contributed by atoms with Crippen molar-refractivity contribution in [1.29, 1.82) is 0 Å². The molecule has 0 saturated heterocycles. The molecule has 0 aliphatic carbocycles. The van der Waals surface area contributed by atoms with Gasteiger partial charge in [-0.15, -0.1) is 24.0 Å². The van der Waals surface area contributed by atoms with Crippen molar-refractivity contribution >= 4 is 29.9 Å². The lowest BCUT2D eigenvalue weighted by Gasteiger charge is -2.13. The molecule has 2 rings (SSSR count). The second kappa shape index (κ2) is 13.1. The number of aliphatic imine (C=N–C) groups is 1. The molecule has 0 amide bonds. The lowest BCUT2D eigenvalue weighted by molar-refractivity contribution is -0.0512. The Labute approximate surface area is 185 Å². The third kappa shape index (κ3) is 8.80. The van der Waals surface area contributed by atoms with Crippen molar-refractivity contribution in [1.82, 2.24) is 10.6 Å². The van der Waals surface area contributed by atoms with Gasteiger partial charge in [0, 0.05) is 20.1 Å². The number of methoxy groups -OCH3 is 1. The quantitative estimate of drug-likeness (QED) is 0.297. The fourth-order valence-electron chi connectivity index (χ4n) is 2.59. The topological polar surface area (TPSA) is 54.9 Å². The van der Waals surface area contributed by atoms with Crippen molar-refractivity contribution in [3.05, 3.63) is 59.4 Å². The average molecular weight is 523 g/mol. The number of halogens is 4. The predicted molar refractivity (Wildman–Crippen MR) is 118 cm³/mol. The van der Waals surface area contributed by atoms with Gasteiger partial charge in [-0.05, 0) is 48.2 Å². The first-order chi connectivity index (χ1) is 13.5. The lowest BCUT2D eigenvalue weighted by atomic mass is 10.1. The van der Waals surface area contributed by atoms with Crippen LogP contribution in [0.4, 0.5) is 13.2 Å². The van der Waals surface area contributed by atoms with Gasteiger partial charge < -0.3 is 20.1 Å². The smallest absolute Gasteiger partial charge is 0.387 e. The zero-order valence-electron chi connectivity index (χ0n) is 16.3. The lowest BCUT2D eigenvalue weighted by Crippen LogP contribution is -2.39. The first-order valence-electron chi connectivity index (χ1n) is 8.82. The number of ether oxygens (including phenoxy) is 2. The van der Waals surface area contributed by atoms with Gasteiger partial charge in [-0.3, -0.25) is 4.99 Å². The van der Waals surface area contributed by atoms with Crippen LogP contribution >= 0.6 is 24.0 Å². The normalized spacial score (nSPS) is 11.0. The summed E-state index contributed by atoms with van der Waals surface area (Å²) in [7, 11) is 3.06. The summed E-state index contributed by atoms with van der Waals surface area (Å²) in [6, 6.07) is 11.3. The van der Waals surface area contributed by atoms with Crippen molar-refractivity contribution in [2.24, 2.45) is 4.99 Å². The fourth-order valence-corrected chi connectivity index (χ4v) is 2.59. The molecule has 0 aromatic heterocycles. The Balaban J connectivity index is 0.00000420. The first-order valence-corrected chi connectivity index (χ1v) is 8.82. The van der Waals surface area contributed by atoms with Crippen LogP contribution in [0.1, 0.15) is 11.1 Å². The molecule has 0 unspecified atom stereocenters. The Morgan fingerprint density at radius 1 is 0.966 bits per heavy atom. The predicted octanol–water partition coefficient (Wildman–Crippen LogP) is 4.00. The second-order valence-corrected chi connectivity index (χ2v) is 5.92. The molecule has 0 saturated carbocycles. The van der Waals surface area contributed by atoms with Crippen LogP contribution in [0.15, 0.2) is 47.5 Å². The van der Waals surface area contributed by atoms with E-state index in [4.69, 9.17) is 4.74 Å². The Hall–Kier alpha value is -2.17. The third-order valence-electron chi connectivity index (χ3n) is 3.99. The Morgan fingerprint density at radius 2 is 1.55 bits per heavy atom. The molecule has 160 valence electrons. The zero-order valence-corrected chi connectivity index (χ0v) is 18.6. The molecule has 0 aliphatic rings. The minimum absolute atomic E-state index is 0. The van der Waals surface area contributed by atoms with Crippen LogP contribution in [0, 0.1) is 5.82 Å². The van der Waals surface area contributed by atoms with Gasteiger partial charge in [-0.25, -0.2) is 4.39 Å². The molecule has 2 aromatic rings. The van der Waals surface area contributed by atoms with Gasteiger partial charge in [0.1, 0.15) is 5.82 Å². The second-order valence-electron chi connectivity index (χ2n) is 5.92. The van der Waals surface area contributed by atoms with Crippen molar-refractivity contribution in [3.8, 4) is 11.5 Å². The van der Waals surface area contributed by atoms with E-state index in [1.165, 1.54) is 25.3 Å². The standard InChI is InChI=1S/C20H24F3N3O2.HI/c1-24-20(25-11-9-14-3-6-16(21)7-4-14)26-12-10-15-5-8-17(27-2)18(13-15)28-19(22)23;/h3-8,13,19H,9-12H2,1-2H3,(H2,24,25,26);1H. The molecule has 29 heavy (non-hydrogen) atoms. The maximum absolute atomic E-state index is 12.9. The Morgan fingerprint density at radius 3 is 2.10 bits per heavy atom. The molecule has 2 aromatic carbocycles. The SMILES string of the molecule is CN=C(NCCc1ccc(F)cc1)NCCc1ccc(OC)c(OC(F)F)c1.I. The van der Waals surface area contributed by atoms with Gasteiger partial charge >= 0.3 is 6.61 Å². The van der Waals surface area contributed by atoms with Crippen LogP contribution in [0.5, 0.6) is 11.5 Å². The number of rotatable bonds is 9. The Bertz CT molecular complexity index is 774. The van der Waals surface area contributed by atoms with Crippen LogP contribution in [-0.4, -0.2) is 39.8 Å². The summed E-state index contributed by atoms with van der Waals surface area (Å²) < 4.78 is 47.4. The fraction of sp³-hybridized carbons (Fsp3) is 0.350. The van der Waals surface area contributed by atoms with E-state index in [9.17, 15) is 13.2 Å². The highest BCUT2D eigenvalue weighted by Crippen LogP contribution is 2.29. The van der Waals surface area contributed by atoms with E-state index in [2.05, 4.69) is 20.4 Å². The molecule has 9 heteroatoms. The first kappa shape index (κ1) is 24.9. The molecule has 0 bridgehead atoms. The number of nitrogens with zero attached hydrogens (tertiary/aromatic N) is 1. The van der Waals surface area contributed by atoms with E-state index < -0.39 is 6.61 Å². The van der Waals surface area contributed by atoms with Crippen LogP contribution in [0.3, 0.4) is 0 Å². The summed E-state index contributed by atoms with van der Waals surface area (Å²) in [4.78, 5) is 4.14. The summed E-state index contributed by atoms with van der Waals surface area (Å²) in [5.41, 5.74) is 1.85. The van der Waals surface area contributed by atoms with Crippen molar-refractivity contribution in [2.75, 3.05) is 27.2 Å². The maximum Gasteiger partial charge on any atom is 0.387 e. The summed E-state index contributed by atoms with van der Waals surface area (Å²) in [6.45, 7) is -1.72. The van der Waals surface area contributed by atoms with Crippen molar-refractivity contribution in [2.45, 2.75) is 19.5 Å². The van der Waals surface area contributed by atoms with Gasteiger partial charge in [-0.1, -0.05) is 18.2 Å². The molecule has 0 atom stereocenters. The molecule has 0 fully saturated rings. The highest BCUT2D eigenvalue weighted by Gasteiger charge is 2.11. The number of hydrogen-bond acceptors (Lipinski definition) is 3. The maximum atomic E-state index is 12.9. The largest absolute Gasteiger partial charge is 0.493 e. The van der Waals surface area contributed by atoms with Crippen LogP contribution in [0.2, 0.25) is 0 Å². The number of benzene rings is 2. The highest BCUT2D eigenvalue weighted by molar-refractivity contribution is 14.0. The van der Waals surface area contributed by atoms with E-state index in [1.54, 1.807) is 31.3 Å². The van der Waals surface area contributed by atoms with Gasteiger partial charge in [-0.2, -0.15) is 8.78 Å². The Kier molecular flexibility index (Phi) is 11.3. The van der Waals surface area contributed by atoms with Crippen molar-refractivity contribution in [3.63, 3.8) is 0 Å². The van der Waals surface area contributed by atoms with Gasteiger partial charge in [0.15, 0.2) is 17.5 Å². The highest BCUT2D eigenvalue weighted by atomic mass is 127. The van der Waals surface area contributed by atoms with Gasteiger partial charge in [0.25, 0.3) is 0 Å². The summed E-state index contributed by atoms with van der Waals surface area (Å²) in [5.74, 6) is 0.640. The monoisotopic (exact) mass is 523 g/mol. The van der Waals surface area contributed by atoms with Crippen LogP contribution in [0.25, 0.3) is 0 Å². The van der Waals surface area contributed by atoms with Crippen molar-refractivity contribution < 1.29 is 22.6 Å². The van der Waals surface area contributed by atoms with Crippen LogP contribution < -0.4 is 20.1 Å². The summed E-state index contributed by atoms with van der Waals surface area (Å²) in [5, 5.41) is 6.34. The van der Waals surface area contributed by atoms with Gasteiger partial charge in [0.2, 0.25) is 0 Å². The van der Waals surface area contributed by atoms with E-state index in [0.717, 1.165) is 17.5 Å². The third-order valence-corrected chi connectivity index (χ3v) is 3.99. The molecule has 0 spiro atoms. The summed E-state index contributed by atoms with van der Waals surface area (Å²) >= 11 is 0. The number of hydrogen-bond donors (Lipinski definition) is 2. The number of nitrogens with one attached hydrogen (secondary N) is 2. The van der Waals surface area contributed by atoms with Crippen LogP contribution in [-0.2, 0) is 12.8 Å². The van der Waals surface area contributed by atoms with Gasteiger partial charge in [0.05, 0.1) is 7.11 Å². The molecular formula is C20H25F3IN3O2. The van der Waals surface area contributed by atoms with E-state index >= 15 is 0 Å². The molecule has 0 radical (unpaired) electrons. The number of guanidine groups is 1. The number of alkyl halides is 2. The zero-order chi connectivity index (χ0) is 20.4. The molecule has 0 aliphatic heterocycles. The summed E-state index contributed by atoms with van der Waals surface area (Å²) in [6.07, 6.45) is 1.32. The van der Waals surface area contributed by atoms with E-state index in [0.29, 0.717) is 25.5 Å². The molecule has 2 N–H and O–H groups in total. The molecule has 0 heterocycles. The van der Waals surface area contributed by atoms with E-state index in [-0.39, 0.29) is 41.3 Å².